The summed E-state index contributed by atoms with van der Waals surface area (Å²) in [5, 5.41) is 0.736. The van der Waals surface area contributed by atoms with Crippen LogP contribution in [0, 0.1) is 0 Å². The molecule has 0 bridgehead atoms. The van der Waals surface area contributed by atoms with Gasteiger partial charge < -0.3 is 4.57 Å². The fraction of sp³-hybridized carbons (Fsp3) is 0.692. The van der Waals surface area contributed by atoms with Crippen LogP contribution in [0.25, 0.3) is 0 Å². The van der Waals surface area contributed by atoms with Crippen molar-refractivity contribution in [3.63, 3.8) is 0 Å². The quantitative estimate of drug-likeness (QED) is 0.783. The predicted octanol–water partition coefficient (Wildman–Crippen LogP) is 2.70. The minimum absolute atomic E-state index is 0.315. The van der Waals surface area contributed by atoms with Gasteiger partial charge in [-0.25, -0.2) is 0 Å². The van der Waals surface area contributed by atoms with Gasteiger partial charge in [0.15, 0.2) is 0 Å². The van der Waals surface area contributed by atoms with Crippen molar-refractivity contribution in [2.75, 3.05) is 18.8 Å². The Morgan fingerprint density at radius 1 is 1.25 bits per heavy atom. The van der Waals surface area contributed by atoms with Gasteiger partial charge in [0.2, 0.25) is 0 Å². The molecule has 2 heterocycles. The summed E-state index contributed by atoms with van der Waals surface area (Å²) >= 11 is 2.12. The molecule has 0 N–H and O–H groups in total. The van der Waals surface area contributed by atoms with Crippen molar-refractivity contribution in [1.29, 1.82) is 0 Å². The predicted molar refractivity (Wildman–Crippen MR) is 72.0 cm³/mol. The highest BCUT2D eigenvalue weighted by molar-refractivity contribution is 8.00. The average Bonchev–Trinajstić information content (AvgIpc) is 2.70. The van der Waals surface area contributed by atoms with Crippen LogP contribution >= 0.6 is 11.8 Å². The summed E-state index contributed by atoms with van der Waals surface area (Å²) in [6.45, 7) is 10.5. The molecular formula is C13H22N2S. The van der Waals surface area contributed by atoms with Crippen molar-refractivity contribution in [3.05, 3.63) is 24.5 Å². The van der Waals surface area contributed by atoms with Gasteiger partial charge in [-0.3, -0.25) is 4.90 Å². The van der Waals surface area contributed by atoms with Crippen LogP contribution < -0.4 is 0 Å². The number of nitrogens with zero attached hydrogens (tertiary/aromatic N) is 2. The van der Waals surface area contributed by atoms with E-state index in [9.17, 15) is 0 Å². The van der Waals surface area contributed by atoms with Crippen LogP contribution in [0.2, 0.25) is 0 Å². The van der Waals surface area contributed by atoms with Gasteiger partial charge >= 0.3 is 0 Å². The second-order valence-corrected chi connectivity index (χ2v) is 6.90. The molecule has 2 nitrogen and oxygen atoms in total. The lowest BCUT2D eigenvalue weighted by atomic mass is 10.1. The molecule has 0 amide bonds. The summed E-state index contributed by atoms with van der Waals surface area (Å²) < 4.78 is 2.30. The molecule has 3 heteroatoms. The highest BCUT2D eigenvalue weighted by atomic mass is 32.2. The Morgan fingerprint density at radius 3 is 2.56 bits per heavy atom. The first-order chi connectivity index (χ1) is 7.55. The van der Waals surface area contributed by atoms with Gasteiger partial charge in [-0.15, -0.1) is 0 Å². The lowest BCUT2D eigenvalue weighted by Gasteiger charge is -2.41. The molecule has 2 rings (SSSR count). The molecule has 0 aliphatic carbocycles. The molecule has 0 spiro atoms. The van der Waals surface area contributed by atoms with Gasteiger partial charge in [0.05, 0.1) is 0 Å². The molecule has 1 unspecified atom stereocenters. The Kier molecular flexibility index (Phi) is 3.65. The van der Waals surface area contributed by atoms with Gasteiger partial charge in [-0.1, -0.05) is 0 Å². The molecule has 1 aromatic heterocycles. The first-order valence-electron chi connectivity index (χ1n) is 6.03. The molecule has 1 atom stereocenters. The number of hydrogen-bond acceptors (Lipinski definition) is 2. The van der Waals surface area contributed by atoms with Crippen molar-refractivity contribution < 1.29 is 0 Å². The number of rotatable bonds is 2. The lowest BCUT2D eigenvalue weighted by Crippen LogP contribution is -2.49. The number of thioether (sulfide) groups is 1. The topological polar surface area (TPSA) is 8.17 Å². The third kappa shape index (κ3) is 3.05. The van der Waals surface area contributed by atoms with E-state index in [0.29, 0.717) is 5.54 Å². The number of hydrogen-bond donors (Lipinski definition) is 0. The van der Waals surface area contributed by atoms with Crippen molar-refractivity contribution in [3.8, 4) is 0 Å². The normalized spacial score (nSPS) is 23.6. The van der Waals surface area contributed by atoms with Crippen LogP contribution in [-0.2, 0) is 6.54 Å². The van der Waals surface area contributed by atoms with E-state index in [0.717, 1.165) is 11.8 Å². The van der Waals surface area contributed by atoms with Crippen LogP contribution in [0.5, 0.6) is 0 Å². The lowest BCUT2D eigenvalue weighted by molar-refractivity contribution is 0.140. The molecule has 0 aromatic carbocycles. The Labute approximate surface area is 103 Å². The van der Waals surface area contributed by atoms with Gasteiger partial charge in [0, 0.05) is 48.6 Å². The van der Waals surface area contributed by atoms with Crippen LogP contribution in [0.1, 0.15) is 20.8 Å². The van der Waals surface area contributed by atoms with Gasteiger partial charge in [-0.05, 0) is 32.9 Å². The molecule has 1 aliphatic rings. The van der Waals surface area contributed by atoms with Gasteiger partial charge in [-0.2, -0.15) is 11.8 Å². The smallest absolute Gasteiger partial charge is 0.0354 e. The zero-order valence-electron chi connectivity index (χ0n) is 10.5. The van der Waals surface area contributed by atoms with E-state index < -0.39 is 0 Å². The molecule has 0 radical (unpaired) electrons. The van der Waals surface area contributed by atoms with Gasteiger partial charge in [0.25, 0.3) is 0 Å². The summed E-state index contributed by atoms with van der Waals surface area (Å²) in [6.07, 6.45) is 4.33. The largest absolute Gasteiger partial charge is 0.353 e. The second kappa shape index (κ2) is 4.84. The first kappa shape index (κ1) is 12.1. The van der Waals surface area contributed by atoms with Crippen LogP contribution in [0.15, 0.2) is 24.5 Å². The van der Waals surface area contributed by atoms with Crippen molar-refractivity contribution >= 4 is 11.8 Å². The molecule has 16 heavy (non-hydrogen) atoms. The highest BCUT2D eigenvalue weighted by Gasteiger charge is 2.28. The molecule has 1 aromatic rings. The maximum Gasteiger partial charge on any atom is 0.0354 e. The molecular weight excluding hydrogens is 216 g/mol. The average molecular weight is 238 g/mol. The summed E-state index contributed by atoms with van der Waals surface area (Å²) in [6, 6.07) is 4.21. The van der Waals surface area contributed by atoms with E-state index in [2.05, 4.69) is 66.5 Å². The fourth-order valence-corrected chi connectivity index (χ4v) is 3.39. The van der Waals surface area contributed by atoms with E-state index >= 15 is 0 Å². The molecule has 90 valence electrons. The minimum atomic E-state index is 0.315. The highest BCUT2D eigenvalue weighted by Crippen LogP contribution is 2.25. The Bertz CT molecular complexity index is 313. The molecule has 1 fully saturated rings. The van der Waals surface area contributed by atoms with E-state index in [-0.39, 0.29) is 0 Å². The van der Waals surface area contributed by atoms with E-state index in [1.807, 2.05) is 0 Å². The summed E-state index contributed by atoms with van der Waals surface area (Å²) in [7, 11) is 0. The maximum atomic E-state index is 2.61. The van der Waals surface area contributed by atoms with Gasteiger partial charge in [0.1, 0.15) is 0 Å². The summed E-state index contributed by atoms with van der Waals surface area (Å²) in [5.74, 6) is 1.27. The Hall–Kier alpha value is -0.410. The fourth-order valence-electron chi connectivity index (χ4n) is 2.17. The van der Waals surface area contributed by atoms with Crippen molar-refractivity contribution in [2.24, 2.45) is 0 Å². The van der Waals surface area contributed by atoms with E-state index in [1.54, 1.807) is 0 Å². The van der Waals surface area contributed by atoms with Crippen molar-refractivity contribution in [2.45, 2.75) is 38.1 Å². The molecule has 1 aliphatic heterocycles. The van der Waals surface area contributed by atoms with Crippen LogP contribution in [-0.4, -0.2) is 39.1 Å². The zero-order valence-corrected chi connectivity index (χ0v) is 11.3. The van der Waals surface area contributed by atoms with E-state index in [4.69, 9.17) is 0 Å². The Balaban J connectivity index is 1.92. The first-order valence-corrected chi connectivity index (χ1v) is 7.08. The van der Waals surface area contributed by atoms with Crippen LogP contribution in [0.3, 0.4) is 0 Å². The third-order valence-electron chi connectivity index (χ3n) is 3.17. The molecule has 1 saturated heterocycles. The second-order valence-electron chi connectivity index (χ2n) is 5.49. The summed E-state index contributed by atoms with van der Waals surface area (Å²) in [5.41, 5.74) is 0.315. The van der Waals surface area contributed by atoms with E-state index in [1.165, 1.54) is 18.8 Å². The third-order valence-corrected chi connectivity index (χ3v) is 4.36. The van der Waals surface area contributed by atoms with Crippen LogP contribution in [0.4, 0.5) is 0 Å². The van der Waals surface area contributed by atoms with Crippen molar-refractivity contribution in [1.82, 2.24) is 9.47 Å². The maximum absolute atomic E-state index is 2.61. The monoisotopic (exact) mass is 238 g/mol. The Morgan fingerprint density at radius 2 is 1.94 bits per heavy atom. The summed E-state index contributed by atoms with van der Waals surface area (Å²) in [4.78, 5) is 2.61. The SMILES string of the molecule is CC(C)(C)N1CCSC(Cn2cccc2)C1. The molecule has 0 saturated carbocycles. The standard InChI is InChI=1S/C13H22N2S/c1-13(2,3)15-8-9-16-12(11-15)10-14-6-4-5-7-14/h4-7,12H,8-11H2,1-3H3. The minimum Gasteiger partial charge on any atom is -0.353 e. The zero-order chi connectivity index (χ0) is 11.6. The number of aromatic nitrogens is 1.